The van der Waals surface area contributed by atoms with Gasteiger partial charge < -0.3 is 9.64 Å². The number of hydrogen-bond donors (Lipinski definition) is 0. The van der Waals surface area contributed by atoms with Crippen molar-refractivity contribution < 1.29 is 4.74 Å². The van der Waals surface area contributed by atoms with Crippen LogP contribution in [0.2, 0.25) is 0 Å². The molecule has 302 valence electrons. The molecule has 2 nitrogen and oxygen atoms in total. The summed E-state index contributed by atoms with van der Waals surface area (Å²) in [6.45, 7) is 17.7. The summed E-state index contributed by atoms with van der Waals surface area (Å²) in [5, 5.41) is 0. The van der Waals surface area contributed by atoms with Crippen LogP contribution in [0.3, 0.4) is 0 Å². The molecule has 0 saturated heterocycles. The summed E-state index contributed by atoms with van der Waals surface area (Å²) < 4.78 is 6.87. The van der Waals surface area contributed by atoms with Gasteiger partial charge in [-0.15, -0.1) is 0 Å². The van der Waals surface area contributed by atoms with Gasteiger partial charge in [-0.05, 0) is 126 Å². The topological polar surface area (TPSA) is 12.5 Å². The molecule has 0 unspecified atom stereocenters. The van der Waals surface area contributed by atoms with E-state index in [1.807, 2.05) is 12.2 Å². The zero-order valence-electron chi connectivity index (χ0n) is 36.2. The number of rotatable bonds is 6. The molecule has 1 spiro atoms. The summed E-state index contributed by atoms with van der Waals surface area (Å²) in [4.78, 5) is 2.42. The lowest BCUT2D eigenvalue weighted by Gasteiger charge is -2.39. The van der Waals surface area contributed by atoms with Crippen LogP contribution in [0.15, 0.2) is 207 Å². The van der Waals surface area contributed by atoms with E-state index in [-0.39, 0.29) is 10.8 Å². The SMILES string of the molecule is C=CC1=C(C=C)C(C)(C)c2cc(N(c3ccc(-c4ccc5c(c4)Oc4ccccc4C54c5ccccc5-c5ccccc54)cc3)c3ccc4c(c3)C(C)(C)c3ccccc3-4)ccc21. The smallest absolute Gasteiger partial charge is 0.132 e. The molecule has 0 amide bonds. The van der Waals surface area contributed by atoms with Crippen LogP contribution in [0.4, 0.5) is 17.1 Å². The van der Waals surface area contributed by atoms with Crippen LogP contribution in [-0.2, 0) is 16.2 Å². The van der Waals surface area contributed by atoms with E-state index in [1.54, 1.807) is 0 Å². The Labute approximate surface area is 370 Å². The highest BCUT2D eigenvalue weighted by Gasteiger charge is 2.51. The van der Waals surface area contributed by atoms with E-state index in [0.29, 0.717) is 0 Å². The van der Waals surface area contributed by atoms with Crippen molar-refractivity contribution in [2.45, 2.75) is 43.9 Å². The summed E-state index contributed by atoms with van der Waals surface area (Å²) in [6.07, 6.45) is 3.99. The van der Waals surface area contributed by atoms with Crippen LogP contribution in [0.5, 0.6) is 11.5 Å². The Hall–Kier alpha value is -7.42. The lowest BCUT2D eigenvalue weighted by Crippen LogP contribution is -2.32. The normalized spacial score (nSPS) is 15.9. The van der Waals surface area contributed by atoms with Crippen LogP contribution < -0.4 is 9.64 Å². The largest absolute Gasteiger partial charge is 0.457 e. The van der Waals surface area contributed by atoms with Crippen LogP contribution in [-0.4, -0.2) is 0 Å². The van der Waals surface area contributed by atoms with Gasteiger partial charge in [0.25, 0.3) is 0 Å². The highest BCUT2D eigenvalue weighted by atomic mass is 16.5. The number of ether oxygens (including phenoxy) is 1. The highest BCUT2D eigenvalue weighted by molar-refractivity contribution is 5.92. The minimum atomic E-state index is -0.481. The number of fused-ring (bicyclic) bond motifs is 13. The van der Waals surface area contributed by atoms with Gasteiger partial charge in [-0.25, -0.2) is 0 Å². The van der Waals surface area contributed by atoms with Gasteiger partial charge in [0.05, 0.1) is 5.41 Å². The first-order valence-electron chi connectivity index (χ1n) is 22.1. The van der Waals surface area contributed by atoms with Crippen molar-refractivity contribution in [3.63, 3.8) is 0 Å². The molecule has 0 atom stereocenters. The minimum absolute atomic E-state index is 0.130. The number of allylic oxidation sites excluding steroid dienone is 4. The standard InChI is InChI=1S/C61H47NO/c1-7-43-47-32-30-41(36-55(47)59(3,4)49(43)8-2)62(42-31-33-48-44-17-9-12-20-50(44)60(5,6)56(48)37-42)40-28-25-38(26-29-40)39-27-34-54-58(35-39)63-57-24-16-15-23-53(57)61(54)51-21-13-10-18-45(51)46-19-11-14-22-52(46)61/h7-37H,1-2H2,3-6H3. The third kappa shape index (κ3) is 5.01. The van der Waals surface area contributed by atoms with Crippen LogP contribution in [0, 0.1) is 0 Å². The Morgan fingerprint density at radius 2 is 0.889 bits per heavy atom. The fourth-order valence-electron chi connectivity index (χ4n) is 11.8. The fourth-order valence-corrected chi connectivity index (χ4v) is 11.8. The maximum absolute atomic E-state index is 6.87. The zero-order chi connectivity index (χ0) is 42.8. The Morgan fingerprint density at radius 3 is 1.52 bits per heavy atom. The summed E-state index contributed by atoms with van der Waals surface area (Å²) in [6, 6.07) is 65.0. The van der Waals surface area contributed by atoms with Crippen LogP contribution in [0.1, 0.15) is 72.2 Å². The molecule has 0 bridgehead atoms. The molecule has 2 heteroatoms. The molecule has 0 fully saturated rings. The Morgan fingerprint density at radius 1 is 0.397 bits per heavy atom. The second-order valence-electron chi connectivity index (χ2n) is 18.5. The van der Waals surface area contributed by atoms with E-state index >= 15 is 0 Å². The summed E-state index contributed by atoms with van der Waals surface area (Å²) in [5.41, 5.74) is 22.4. The molecule has 3 aliphatic carbocycles. The number of benzene rings is 8. The zero-order valence-corrected chi connectivity index (χ0v) is 36.2. The quantitative estimate of drug-likeness (QED) is 0.166. The third-order valence-corrected chi connectivity index (χ3v) is 14.7. The molecule has 0 saturated carbocycles. The van der Waals surface area contributed by atoms with Crippen molar-refractivity contribution in [1.82, 2.24) is 0 Å². The number of anilines is 3. The molecule has 8 aromatic rings. The van der Waals surface area contributed by atoms with Gasteiger partial charge in [-0.3, -0.25) is 0 Å². The van der Waals surface area contributed by atoms with Gasteiger partial charge >= 0.3 is 0 Å². The van der Waals surface area contributed by atoms with Crippen molar-refractivity contribution in [3.05, 3.63) is 251 Å². The molecule has 63 heavy (non-hydrogen) atoms. The predicted molar refractivity (Wildman–Crippen MR) is 262 cm³/mol. The van der Waals surface area contributed by atoms with Crippen molar-refractivity contribution >= 4 is 22.6 Å². The van der Waals surface area contributed by atoms with E-state index in [4.69, 9.17) is 4.74 Å². The van der Waals surface area contributed by atoms with Gasteiger partial charge in [0.15, 0.2) is 0 Å². The third-order valence-electron chi connectivity index (χ3n) is 14.7. The maximum atomic E-state index is 6.87. The second kappa shape index (κ2) is 13.3. The van der Waals surface area contributed by atoms with Gasteiger partial charge in [0, 0.05) is 39.0 Å². The average molecular weight is 810 g/mol. The van der Waals surface area contributed by atoms with E-state index < -0.39 is 5.41 Å². The molecule has 0 aromatic heterocycles. The number of nitrogens with zero attached hydrogens (tertiary/aromatic N) is 1. The first kappa shape index (κ1) is 37.4. The molecule has 1 heterocycles. The van der Waals surface area contributed by atoms with E-state index in [2.05, 4.69) is 222 Å². The molecular formula is C61H47NO. The molecule has 12 rings (SSSR count). The van der Waals surface area contributed by atoms with Crippen molar-refractivity contribution in [2.75, 3.05) is 4.90 Å². The summed E-state index contributed by atoms with van der Waals surface area (Å²) in [5.74, 6) is 1.78. The van der Waals surface area contributed by atoms with Crippen LogP contribution in [0.25, 0.3) is 39.0 Å². The average Bonchev–Trinajstić information content (AvgIpc) is 3.83. The predicted octanol–water partition coefficient (Wildman–Crippen LogP) is 16.0. The van der Waals surface area contributed by atoms with E-state index in [9.17, 15) is 0 Å². The van der Waals surface area contributed by atoms with Gasteiger partial charge in [0.2, 0.25) is 0 Å². The van der Waals surface area contributed by atoms with Crippen molar-refractivity contribution in [2.24, 2.45) is 0 Å². The number of para-hydroxylation sites is 1. The van der Waals surface area contributed by atoms with E-state index in [1.165, 1.54) is 72.3 Å². The van der Waals surface area contributed by atoms with Gasteiger partial charge in [0.1, 0.15) is 11.5 Å². The lowest BCUT2D eigenvalue weighted by atomic mass is 9.66. The molecule has 0 N–H and O–H groups in total. The molecular weight excluding hydrogens is 763 g/mol. The maximum Gasteiger partial charge on any atom is 0.132 e. The summed E-state index contributed by atoms with van der Waals surface area (Å²) >= 11 is 0. The first-order chi connectivity index (χ1) is 30.7. The van der Waals surface area contributed by atoms with Gasteiger partial charge in [-0.1, -0.05) is 180 Å². The van der Waals surface area contributed by atoms with E-state index in [0.717, 1.165) is 45.3 Å². The molecule has 4 aliphatic rings. The van der Waals surface area contributed by atoms with Crippen molar-refractivity contribution in [1.29, 1.82) is 0 Å². The summed E-state index contributed by atoms with van der Waals surface area (Å²) in [7, 11) is 0. The highest BCUT2D eigenvalue weighted by Crippen LogP contribution is 2.62. The molecule has 1 aliphatic heterocycles. The van der Waals surface area contributed by atoms with Gasteiger partial charge in [-0.2, -0.15) is 0 Å². The Bertz CT molecular complexity index is 3260. The van der Waals surface area contributed by atoms with Crippen LogP contribution >= 0.6 is 0 Å². The fraction of sp³-hybridized carbons (Fsp3) is 0.115. The minimum Gasteiger partial charge on any atom is -0.457 e. The molecule has 0 radical (unpaired) electrons. The Balaban J connectivity index is 0.984. The molecule has 8 aromatic carbocycles. The Kier molecular flexibility index (Phi) is 7.88. The number of hydrogen-bond acceptors (Lipinski definition) is 2. The lowest BCUT2D eigenvalue weighted by molar-refractivity contribution is 0.436. The van der Waals surface area contributed by atoms with Crippen molar-refractivity contribution in [3.8, 4) is 44.9 Å². The second-order valence-corrected chi connectivity index (χ2v) is 18.5. The monoisotopic (exact) mass is 809 g/mol. The first-order valence-corrected chi connectivity index (χ1v) is 22.1.